The number of carbonyl (C=O) groups excluding carboxylic acids is 1. The summed E-state index contributed by atoms with van der Waals surface area (Å²) in [5, 5.41) is 2.89. The molecule has 0 spiro atoms. The predicted molar refractivity (Wildman–Crippen MR) is 86.0 cm³/mol. The minimum atomic E-state index is -0.0123. The van der Waals surface area contributed by atoms with Crippen LogP contribution in [0.2, 0.25) is 0 Å². The van der Waals surface area contributed by atoms with Crippen molar-refractivity contribution in [3.8, 4) is 0 Å². The van der Waals surface area contributed by atoms with Crippen molar-refractivity contribution in [1.29, 1.82) is 0 Å². The van der Waals surface area contributed by atoms with Gasteiger partial charge in [-0.15, -0.1) is 11.8 Å². The van der Waals surface area contributed by atoms with Crippen LogP contribution in [0.1, 0.15) is 12.5 Å². The summed E-state index contributed by atoms with van der Waals surface area (Å²) in [6.45, 7) is 2.11. The Balaban J connectivity index is 1.85. The van der Waals surface area contributed by atoms with E-state index in [1.165, 1.54) is 17.3 Å². The average Bonchev–Trinajstić information content (AvgIpc) is 2.46. The SMILES string of the molecule is CCc1ccc(NC(=O)CSc2cccc(N)c2)cc1. The average molecular weight is 286 g/mol. The van der Waals surface area contributed by atoms with Gasteiger partial charge < -0.3 is 11.1 Å². The molecule has 2 rings (SSSR count). The highest BCUT2D eigenvalue weighted by Crippen LogP contribution is 2.20. The van der Waals surface area contributed by atoms with Crippen molar-refractivity contribution in [3.05, 3.63) is 54.1 Å². The minimum Gasteiger partial charge on any atom is -0.399 e. The molecule has 0 fully saturated rings. The molecule has 3 nitrogen and oxygen atoms in total. The van der Waals surface area contributed by atoms with Crippen LogP contribution in [0.3, 0.4) is 0 Å². The molecule has 4 heteroatoms. The van der Waals surface area contributed by atoms with Gasteiger partial charge in [0.25, 0.3) is 0 Å². The van der Waals surface area contributed by atoms with E-state index in [0.717, 1.165) is 17.0 Å². The second-order valence-electron chi connectivity index (χ2n) is 4.46. The number of nitrogens with two attached hydrogens (primary N) is 1. The van der Waals surface area contributed by atoms with Crippen molar-refractivity contribution >= 4 is 29.0 Å². The number of nitrogens with one attached hydrogen (secondary N) is 1. The molecule has 0 atom stereocenters. The van der Waals surface area contributed by atoms with Crippen LogP contribution in [0.25, 0.3) is 0 Å². The normalized spacial score (nSPS) is 10.2. The molecule has 0 aromatic heterocycles. The van der Waals surface area contributed by atoms with Crippen LogP contribution in [-0.4, -0.2) is 11.7 Å². The van der Waals surface area contributed by atoms with Crippen molar-refractivity contribution < 1.29 is 4.79 Å². The van der Waals surface area contributed by atoms with Gasteiger partial charge in [0.2, 0.25) is 5.91 Å². The lowest BCUT2D eigenvalue weighted by molar-refractivity contribution is -0.113. The van der Waals surface area contributed by atoms with E-state index < -0.39 is 0 Å². The quantitative estimate of drug-likeness (QED) is 0.652. The van der Waals surface area contributed by atoms with Crippen LogP contribution in [0, 0.1) is 0 Å². The third-order valence-electron chi connectivity index (χ3n) is 2.87. The van der Waals surface area contributed by atoms with Crippen LogP contribution < -0.4 is 11.1 Å². The summed E-state index contributed by atoms with van der Waals surface area (Å²) in [7, 11) is 0. The standard InChI is InChI=1S/C16H18N2OS/c1-2-12-6-8-14(9-7-12)18-16(19)11-20-15-5-3-4-13(17)10-15/h3-10H,2,11,17H2,1H3,(H,18,19). The zero-order chi connectivity index (χ0) is 14.4. The summed E-state index contributed by atoms with van der Waals surface area (Å²) in [5.74, 6) is 0.362. The number of amides is 1. The summed E-state index contributed by atoms with van der Waals surface area (Å²) >= 11 is 1.48. The number of hydrogen-bond acceptors (Lipinski definition) is 3. The molecule has 2 aromatic carbocycles. The van der Waals surface area contributed by atoms with Crippen LogP contribution in [0.15, 0.2) is 53.4 Å². The summed E-state index contributed by atoms with van der Waals surface area (Å²) in [4.78, 5) is 12.9. The van der Waals surface area contributed by atoms with Gasteiger partial charge in [0.05, 0.1) is 5.75 Å². The molecule has 20 heavy (non-hydrogen) atoms. The molecule has 0 saturated carbocycles. The number of nitrogen functional groups attached to an aromatic ring is 1. The second-order valence-corrected chi connectivity index (χ2v) is 5.51. The Morgan fingerprint density at radius 2 is 1.95 bits per heavy atom. The van der Waals surface area contributed by atoms with E-state index in [2.05, 4.69) is 12.2 Å². The van der Waals surface area contributed by atoms with E-state index in [4.69, 9.17) is 5.73 Å². The van der Waals surface area contributed by atoms with Crippen molar-refractivity contribution in [2.45, 2.75) is 18.2 Å². The van der Waals surface area contributed by atoms with Crippen LogP contribution in [0.4, 0.5) is 11.4 Å². The fraction of sp³-hybridized carbons (Fsp3) is 0.188. The van der Waals surface area contributed by atoms with Crippen LogP contribution in [-0.2, 0) is 11.2 Å². The largest absolute Gasteiger partial charge is 0.399 e. The van der Waals surface area contributed by atoms with Crippen molar-refractivity contribution in [2.75, 3.05) is 16.8 Å². The first-order chi connectivity index (χ1) is 9.67. The second kappa shape index (κ2) is 7.01. The Morgan fingerprint density at radius 3 is 2.60 bits per heavy atom. The number of rotatable bonds is 5. The highest BCUT2D eigenvalue weighted by Gasteiger charge is 2.04. The highest BCUT2D eigenvalue weighted by atomic mass is 32.2. The molecule has 1 amide bonds. The maximum Gasteiger partial charge on any atom is 0.234 e. The number of benzene rings is 2. The Bertz CT molecular complexity index is 581. The van der Waals surface area contributed by atoms with Crippen molar-refractivity contribution in [1.82, 2.24) is 0 Å². The molecule has 0 unspecified atom stereocenters. The van der Waals surface area contributed by atoms with Gasteiger partial charge in [0.1, 0.15) is 0 Å². The lowest BCUT2D eigenvalue weighted by Crippen LogP contribution is -2.13. The molecule has 0 aliphatic heterocycles. The Hall–Kier alpha value is -1.94. The fourth-order valence-electron chi connectivity index (χ4n) is 1.77. The van der Waals surface area contributed by atoms with Gasteiger partial charge >= 0.3 is 0 Å². The Morgan fingerprint density at radius 1 is 1.20 bits per heavy atom. The molecule has 2 aromatic rings. The molecule has 0 aliphatic carbocycles. The number of aryl methyl sites for hydroxylation is 1. The number of carbonyl (C=O) groups is 1. The van der Waals surface area contributed by atoms with Crippen LogP contribution in [0.5, 0.6) is 0 Å². The molecule has 0 aliphatic rings. The first-order valence-corrected chi connectivity index (χ1v) is 7.53. The van der Waals surface area contributed by atoms with Gasteiger partial charge in [0.15, 0.2) is 0 Å². The molecule has 3 N–H and O–H groups in total. The smallest absolute Gasteiger partial charge is 0.234 e. The number of thioether (sulfide) groups is 1. The lowest BCUT2D eigenvalue weighted by atomic mass is 10.1. The fourth-order valence-corrected chi connectivity index (χ4v) is 2.54. The third-order valence-corrected chi connectivity index (χ3v) is 3.87. The van der Waals surface area contributed by atoms with E-state index in [1.807, 2.05) is 48.5 Å². The summed E-state index contributed by atoms with van der Waals surface area (Å²) in [6, 6.07) is 15.5. The number of anilines is 2. The van der Waals surface area contributed by atoms with E-state index in [-0.39, 0.29) is 5.91 Å². The minimum absolute atomic E-state index is 0.0123. The molecule has 0 heterocycles. The van der Waals surface area contributed by atoms with E-state index in [1.54, 1.807) is 0 Å². The van der Waals surface area contributed by atoms with Gasteiger partial charge in [-0.3, -0.25) is 4.79 Å². The lowest BCUT2D eigenvalue weighted by Gasteiger charge is -2.06. The summed E-state index contributed by atoms with van der Waals surface area (Å²) in [6.07, 6.45) is 1.000. The van der Waals surface area contributed by atoms with Gasteiger partial charge in [-0.25, -0.2) is 0 Å². The van der Waals surface area contributed by atoms with E-state index in [0.29, 0.717) is 11.4 Å². The topological polar surface area (TPSA) is 55.1 Å². The molecular weight excluding hydrogens is 268 g/mol. The van der Waals surface area contributed by atoms with Gasteiger partial charge in [-0.05, 0) is 42.3 Å². The Kier molecular flexibility index (Phi) is 5.07. The van der Waals surface area contributed by atoms with Gasteiger partial charge in [-0.1, -0.05) is 25.1 Å². The van der Waals surface area contributed by atoms with Crippen LogP contribution >= 0.6 is 11.8 Å². The molecule has 104 valence electrons. The summed E-state index contributed by atoms with van der Waals surface area (Å²) in [5.41, 5.74) is 8.51. The van der Waals surface area contributed by atoms with Gasteiger partial charge in [0, 0.05) is 16.3 Å². The first-order valence-electron chi connectivity index (χ1n) is 6.54. The first kappa shape index (κ1) is 14.5. The predicted octanol–water partition coefficient (Wildman–Crippen LogP) is 3.56. The maximum atomic E-state index is 11.9. The molecule has 0 radical (unpaired) electrons. The van der Waals surface area contributed by atoms with Crippen molar-refractivity contribution in [3.63, 3.8) is 0 Å². The molecule has 0 saturated heterocycles. The zero-order valence-electron chi connectivity index (χ0n) is 11.4. The summed E-state index contributed by atoms with van der Waals surface area (Å²) < 4.78 is 0. The maximum absolute atomic E-state index is 11.9. The van der Waals surface area contributed by atoms with Gasteiger partial charge in [-0.2, -0.15) is 0 Å². The zero-order valence-corrected chi connectivity index (χ0v) is 12.2. The molecular formula is C16H18N2OS. The van der Waals surface area contributed by atoms with E-state index >= 15 is 0 Å². The van der Waals surface area contributed by atoms with Crippen molar-refractivity contribution in [2.24, 2.45) is 0 Å². The monoisotopic (exact) mass is 286 g/mol. The number of hydrogen-bond donors (Lipinski definition) is 2. The van der Waals surface area contributed by atoms with E-state index in [9.17, 15) is 4.79 Å². The third kappa shape index (κ3) is 4.31. The highest BCUT2D eigenvalue weighted by molar-refractivity contribution is 8.00. The molecule has 0 bridgehead atoms. The Labute approximate surface area is 123 Å².